The number of piperazine rings is 1. The van der Waals surface area contributed by atoms with Gasteiger partial charge in [0.05, 0.1) is 41.1 Å². The predicted octanol–water partition coefficient (Wildman–Crippen LogP) is 5.71. The molecule has 2 aromatic carbocycles. The lowest BCUT2D eigenvalue weighted by molar-refractivity contribution is -0.134. The number of benzene rings is 2. The van der Waals surface area contributed by atoms with Crippen molar-refractivity contribution in [3.8, 4) is 16.9 Å². The normalized spacial score (nSPS) is 19.4. The van der Waals surface area contributed by atoms with Crippen LogP contribution in [0.15, 0.2) is 59.7 Å². The van der Waals surface area contributed by atoms with Crippen LogP contribution in [-0.4, -0.2) is 93.9 Å². The van der Waals surface area contributed by atoms with E-state index in [0.29, 0.717) is 28.4 Å². The quantitative estimate of drug-likeness (QED) is 0.172. The molecule has 13 nitrogen and oxygen atoms in total. The Morgan fingerprint density at radius 1 is 1.02 bits per heavy atom. The standard InChI is InChI=1S/C36H41BrN10O3/c1-22-30(48)18-36(22,2)32-26(6-7-27-33(32)39-9-8-38-27)42-34-25(37)20-40-35(44-34)43-28-16-24(23-19-41-45(3)21-23)29(17-31(28)50-5)47-12-10-46(11-13-47)14-15-49-4/h6-9,16-17,19-22H,10-15,18H2,1-5H3,(H2,40,42,43,44). The van der Waals surface area contributed by atoms with E-state index >= 15 is 0 Å². The van der Waals surface area contributed by atoms with Crippen molar-refractivity contribution in [3.05, 3.63) is 65.3 Å². The number of carbonyl (C=O) groups excluding carboxylic acids is 1. The Labute approximate surface area is 299 Å². The number of rotatable bonds is 11. The van der Waals surface area contributed by atoms with Gasteiger partial charge in [0, 0.05) is 124 Å². The van der Waals surface area contributed by atoms with E-state index in [1.807, 2.05) is 43.2 Å². The van der Waals surface area contributed by atoms with Crippen LogP contribution in [0.25, 0.3) is 22.2 Å². The van der Waals surface area contributed by atoms with Crippen LogP contribution in [0.5, 0.6) is 5.75 Å². The largest absolute Gasteiger partial charge is 0.494 e. The molecule has 0 bridgehead atoms. The molecule has 1 saturated heterocycles. The lowest BCUT2D eigenvalue weighted by atomic mass is 9.57. The number of fused-ring (bicyclic) bond motifs is 1. The maximum atomic E-state index is 12.5. The van der Waals surface area contributed by atoms with E-state index in [2.05, 4.69) is 70.5 Å². The van der Waals surface area contributed by atoms with Crippen molar-refractivity contribution in [1.29, 1.82) is 0 Å². The number of ether oxygens (including phenoxy) is 2. The zero-order valence-electron chi connectivity index (χ0n) is 28.9. The Hall–Kier alpha value is -4.66. The summed E-state index contributed by atoms with van der Waals surface area (Å²) >= 11 is 3.65. The summed E-state index contributed by atoms with van der Waals surface area (Å²) in [5.74, 6) is 1.70. The Morgan fingerprint density at radius 3 is 2.52 bits per heavy atom. The van der Waals surface area contributed by atoms with Gasteiger partial charge in [-0.05, 0) is 34.1 Å². The number of halogens is 1. The van der Waals surface area contributed by atoms with E-state index in [9.17, 15) is 4.79 Å². The smallest absolute Gasteiger partial charge is 0.229 e. The van der Waals surface area contributed by atoms with Crippen molar-refractivity contribution in [2.24, 2.45) is 13.0 Å². The number of carbonyl (C=O) groups is 1. The number of hydrogen-bond acceptors (Lipinski definition) is 12. The number of hydrogen-bond donors (Lipinski definition) is 2. The molecular formula is C36H41BrN10O3. The Kier molecular flexibility index (Phi) is 9.42. The minimum Gasteiger partial charge on any atom is -0.494 e. The molecule has 5 aromatic rings. The molecule has 2 fully saturated rings. The topological polar surface area (TPSA) is 135 Å². The predicted molar refractivity (Wildman–Crippen MR) is 198 cm³/mol. The van der Waals surface area contributed by atoms with Gasteiger partial charge >= 0.3 is 0 Å². The molecule has 260 valence electrons. The summed E-state index contributed by atoms with van der Waals surface area (Å²) in [6.07, 6.45) is 9.42. The lowest BCUT2D eigenvalue weighted by Gasteiger charge is -2.45. The van der Waals surface area contributed by atoms with Gasteiger partial charge in [-0.1, -0.05) is 13.8 Å². The fraction of sp³-hybridized carbons (Fsp3) is 0.389. The second-order valence-corrected chi connectivity index (χ2v) is 14.0. The number of aryl methyl sites for hydroxylation is 1. The van der Waals surface area contributed by atoms with Gasteiger partial charge in [-0.3, -0.25) is 24.3 Å². The maximum Gasteiger partial charge on any atom is 0.229 e. The molecule has 1 saturated carbocycles. The van der Waals surface area contributed by atoms with Gasteiger partial charge in [-0.15, -0.1) is 0 Å². The second-order valence-electron chi connectivity index (χ2n) is 13.1. The highest BCUT2D eigenvalue weighted by Crippen LogP contribution is 2.50. The Bertz CT molecular complexity index is 2050. The molecule has 1 aliphatic carbocycles. The fourth-order valence-electron chi connectivity index (χ4n) is 7.00. The van der Waals surface area contributed by atoms with Crippen molar-refractivity contribution < 1.29 is 14.3 Å². The summed E-state index contributed by atoms with van der Waals surface area (Å²) in [7, 11) is 5.33. The van der Waals surface area contributed by atoms with E-state index in [0.717, 1.165) is 84.1 Å². The molecule has 2 unspecified atom stereocenters. The van der Waals surface area contributed by atoms with Gasteiger partial charge in [0.1, 0.15) is 17.4 Å². The van der Waals surface area contributed by atoms with Crippen molar-refractivity contribution in [3.63, 3.8) is 0 Å². The number of ketones is 1. The van der Waals surface area contributed by atoms with Crippen LogP contribution in [0.1, 0.15) is 25.8 Å². The number of nitrogens with one attached hydrogen (secondary N) is 2. The van der Waals surface area contributed by atoms with Gasteiger partial charge in [0.2, 0.25) is 5.95 Å². The van der Waals surface area contributed by atoms with Crippen molar-refractivity contribution >= 4 is 61.6 Å². The minimum atomic E-state index is -0.399. The SMILES string of the molecule is COCCN1CCN(c2cc(OC)c(Nc3ncc(Br)c(Nc4ccc5nccnc5c4C4(C)CC(=O)C4C)n3)cc2-c2cnn(C)c2)CC1. The maximum absolute atomic E-state index is 12.5. The average molecular weight is 742 g/mol. The van der Waals surface area contributed by atoms with Crippen LogP contribution < -0.4 is 20.3 Å². The zero-order chi connectivity index (χ0) is 35.0. The van der Waals surface area contributed by atoms with E-state index in [1.54, 1.807) is 32.8 Å². The monoisotopic (exact) mass is 740 g/mol. The van der Waals surface area contributed by atoms with Gasteiger partial charge in [-0.25, -0.2) is 4.98 Å². The van der Waals surface area contributed by atoms with Crippen molar-refractivity contribution in [2.45, 2.75) is 25.7 Å². The first kappa shape index (κ1) is 33.8. The molecule has 4 heterocycles. The average Bonchev–Trinajstić information content (AvgIpc) is 3.57. The summed E-state index contributed by atoms with van der Waals surface area (Å²) in [5.41, 5.74) is 6.74. The number of anilines is 5. The van der Waals surface area contributed by atoms with Crippen LogP contribution >= 0.6 is 15.9 Å². The van der Waals surface area contributed by atoms with E-state index in [-0.39, 0.29) is 11.7 Å². The summed E-state index contributed by atoms with van der Waals surface area (Å²) in [6, 6.07) is 8.07. The second kappa shape index (κ2) is 13.9. The lowest BCUT2D eigenvalue weighted by Crippen LogP contribution is -2.48. The first-order chi connectivity index (χ1) is 24.2. The van der Waals surface area contributed by atoms with Gasteiger partial charge < -0.3 is 25.0 Å². The molecule has 2 N–H and O–H groups in total. The molecule has 7 rings (SSSR count). The summed E-state index contributed by atoms with van der Waals surface area (Å²) < 4.78 is 13.7. The van der Waals surface area contributed by atoms with Crippen LogP contribution in [-0.2, 0) is 22.0 Å². The molecule has 3 aromatic heterocycles. The molecule has 0 amide bonds. The zero-order valence-corrected chi connectivity index (χ0v) is 30.5. The van der Waals surface area contributed by atoms with Crippen LogP contribution in [0, 0.1) is 5.92 Å². The highest BCUT2D eigenvalue weighted by Gasteiger charge is 2.50. The summed E-state index contributed by atoms with van der Waals surface area (Å²) in [5, 5.41) is 11.4. The van der Waals surface area contributed by atoms with Crippen molar-refractivity contribution in [1.82, 2.24) is 34.6 Å². The Morgan fingerprint density at radius 2 is 1.82 bits per heavy atom. The third-order valence-corrected chi connectivity index (χ3v) is 10.7. The van der Waals surface area contributed by atoms with E-state index in [4.69, 9.17) is 19.4 Å². The number of nitrogens with zero attached hydrogens (tertiary/aromatic N) is 8. The van der Waals surface area contributed by atoms with Crippen LogP contribution in [0.3, 0.4) is 0 Å². The molecular weight excluding hydrogens is 700 g/mol. The third-order valence-electron chi connectivity index (χ3n) is 10.1. The molecule has 2 aliphatic rings. The van der Waals surface area contributed by atoms with Gasteiger partial charge in [0.25, 0.3) is 0 Å². The fourth-order valence-corrected chi connectivity index (χ4v) is 7.29. The Balaban J connectivity index is 1.22. The number of aromatic nitrogens is 6. The van der Waals surface area contributed by atoms with Crippen molar-refractivity contribution in [2.75, 3.05) is 69.1 Å². The molecule has 2 atom stereocenters. The molecule has 14 heteroatoms. The highest BCUT2D eigenvalue weighted by atomic mass is 79.9. The molecule has 50 heavy (non-hydrogen) atoms. The van der Waals surface area contributed by atoms with Gasteiger partial charge in [-0.2, -0.15) is 10.1 Å². The van der Waals surface area contributed by atoms with E-state index in [1.165, 1.54) is 0 Å². The molecule has 0 radical (unpaired) electrons. The number of Topliss-reactive ketones (excluding diaryl/α,β-unsaturated/α-hetero) is 1. The third kappa shape index (κ3) is 6.38. The molecule has 1 aliphatic heterocycles. The minimum absolute atomic E-state index is 0.147. The molecule has 0 spiro atoms. The van der Waals surface area contributed by atoms with Crippen LogP contribution in [0.4, 0.5) is 28.8 Å². The summed E-state index contributed by atoms with van der Waals surface area (Å²) in [4.78, 5) is 36.1. The number of methoxy groups -OCH3 is 2. The first-order valence-electron chi connectivity index (χ1n) is 16.7. The van der Waals surface area contributed by atoms with Gasteiger partial charge in [0.15, 0.2) is 0 Å². The van der Waals surface area contributed by atoms with E-state index < -0.39 is 5.41 Å². The van der Waals surface area contributed by atoms with Crippen LogP contribution in [0.2, 0.25) is 0 Å². The first-order valence-corrected chi connectivity index (χ1v) is 17.5. The summed E-state index contributed by atoms with van der Waals surface area (Å²) in [6.45, 7) is 9.40. The highest BCUT2D eigenvalue weighted by molar-refractivity contribution is 9.10.